The van der Waals surface area contributed by atoms with Crippen LogP contribution >= 0.6 is 22.7 Å². The molecule has 4 rings (SSSR count). The third kappa shape index (κ3) is 5.02. The third-order valence-electron chi connectivity index (χ3n) is 5.83. The molecule has 0 saturated carbocycles. The quantitative estimate of drug-likeness (QED) is 0.422. The first-order valence-corrected chi connectivity index (χ1v) is 14.3. The fourth-order valence-electron chi connectivity index (χ4n) is 4.06. The lowest BCUT2D eigenvalue weighted by Crippen LogP contribution is -2.40. The molecule has 1 atom stereocenters. The largest absolute Gasteiger partial charge is 0.468 e. The summed E-state index contributed by atoms with van der Waals surface area (Å²) in [5.41, 5.74) is 1.97. The van der Waals surface area contributed by atoms with Crippen molar-refractivity contribution >= 4 is 54.8 Å². The molecule has 1 aliphatic heterocycles. The van der Waals surface area contributed by atoms with E-state index in [-0.39, 0.29) is 17.3 Å². The van der Waals surface area contributed by atoms with Crippen LogP contribution in [-0.2, 0) is 37.3 Å². The summed E-state index contributed by atoms with van der Waals surface area (Å²) in [5, 5.41) is 1.70. The first kappa shape index (κ1) is 24.8. The van der Waals surface area contributed by atoms with Crippen molar-refractivity contribution in [1.82, 2.24) is 8.87 Å². The van der Waals surface area contributed by atoms with E-state index in [0.29, 0.717) is 17.6 Å². The number of aryl methyl sites for hydroxylation is 1. The highest BCUT2D eigenvalue weighted by Gasteiger charge is 2.40. The van der Waals surface area contributed by atoms with Crippen LogP contribution in [-0.4, -0.2) is 48.9 Å². The molecule has 0 radical (unpaired) electrons. The molecule has 1 saturated heterocycles. The van der Waals surface area contributed by atoms with Crippen LogP contribution in [0.4, 0.5) is 0 Å². The second-order valence-corrected chi connectivity index (χ2v) is 12.2. The van der Waals surface area contributed by atoms with Gasteiger partial charge in [-0.2, -0.15) is 9.30 Å². The molecule has 1 unspecified atom stereocenters. The minimum Gasteiger partial charge on any atom is -0.468 e. The molecule has 3 aromatic rings. The minimum absolute atomic E-state index is 0.0845. The number of rotatable bonds is 8. The lowest BCUT2D eigenvalue weighted by molar-refractivity contribution is -0.141. The number of ether oxygens (including phenoxy) is 1. The van der Waals surface area contributed by atoms with Crippen LogP contribution in [0.5, 0.6) is 0 Å². The van der Waals surface area contributed by atoms with Gasteiger partial charge in [0, 0.05) is 6.54 Å². The number of hydrogen-bond acceptors (Lipinski definition) is 7. The molecule has 34 heavy (non-hydrogen) atoms. The smallest absolute Gasteiger partial charge is 0.325 e. The number of carbonyl (C=O) groups excluding carboxylic acids is 2. The van der Waals surface area contributed by atoms with Crippen molar-refractivity contribution < 1.29 is 22.7 Å². The van der Waals surface area contributed by atoms with E-state index >= 15 is 0 Å². The Morgan fingerprint density at radius 1 is 1.26 bits per heavy atom. The second-order valence-electron chi connectivity index (χ2n) is 8.11. The van der Waals surface area contributed by atoms with Crippen molar-refractivity contribution in [2.45, 2.75) is 55.8 Å². The van der Waals surface area contributed by atoms with Crippen molar-refractivity contribution in [3.63, 3.8) is 0 Å². The van der Waals surface area contributed by atoms with Gasteiger partial charge in [0.1, 0.15) is 16.8 Å². The number of nitrogens with zero attached hydrogens (tertiary/aromatic N) is 3. The standard InChI is InChI=1S/C23H27N3O5S3/c1-3-4-7-16-10-11-17-19(14-16)33-23(25(17)15-20(27)31-2)24-22(28)18-8-5-12-26(18)34(29,30)21-9-6-13-32-21/h6,9-11,13-14,18H,3-5,7-8,12,15H2,1-2H3. The summed E-state index contributed by atoms with van der Waals surface area (Å²) in [5.74, 6) is -0.972. The number of carbonyl (C=O) groups is 2. The number of thiophene rings is 1. The predicted molar refractivity (Wildman–Crippen MR) is 132 cm³/mol. The minimum atomic E-state index is -3.76. The summed E-state index contributed by atoms with van der Waals surface area (Å²) >= 11 is 2.45. The number of sulfonamides is 1. The van der Waals surface area contributed by atoms with E-state index < -0.39 is 27.9 Å². The maximum Gasteiger partial charge on any atom is 0.325 e. The summed E-state index contributed by atoms with van der Waals surface area (Å²) in [6.45, 7) is 2.34. The topological polar surface area (TPSA) is 98.0 Å². The van der Waals surface area contributed by atoms with Crippen molar-refractivity contribution in [1.29, 1.82) is 0 Å². The number of unbranched alkanes of at least 4 members (excludes halogenated alkanes) is 1. The molecule has 1 fully saturated rings. The average Bonchev–Trinajstić information content (AvgIpc) is 3.58. The Hall–Kier alpha value is -2.34. The zero-order valence-corrected chi connectivity index (χ0v) is 21.5. The van der Waals surface area contributed by atoms with Crippen molar-refractivity contribution in [2.24, 2.45) is 4.99 Å². The van der Waals surface area contributed by atoms with Gasteiger partial charge >= 0.3 is 5.97 Å². The van der Waals surface area contributed by atoms with E-state index in [0.717, 1.165) is 40.8 Å². The maximum absolute atomic E-state index is 13.2. The fraction of sp³-hybridized carbons (Fsp3) is 0.435. The predicted octanol–water partition coefficient (Wildman–Crippen LogP) is 3.56. The second kappa shape index (κ2) is 10.5. The summed E-state index contributed by atoms with van der Waals surface area (Å²) < 4.78 is 35.0. The molecule has 11 heteroatoms. The summed E-state index contributed by atoms with van der Waals surface area (Å²) in [4.78, 5) is 30.0. The molecule has 0 aliphatic carbocycles. The van der Waals surface area contributed by atoms with Crippen LogP contribution in [0.2, 0.25) is 0 Å². The van der Waals surface area contributed by atoms with E-state index in [1.165, 1.54) is 28.3 Å². The van der Waals surface area contributed by atoms with Crippen LogP contribution in [0.15, 0.2) is 44.9 Å². The van der Waals surface area contributed by atoms with E-state index in [1.807, 2.05) is 12.1 Å². The van der Waals surface area contributed by atoms with E-state index in [1.54, 1.807) is 22.1 Å². The Morgan fingerprint density at radius 2 is 2.09 bits per heavy atom. The van der Waals surface area contributed by atoms with Crippen LogP contribution in [0, 0.1) is 0 Å². The first-order valence-electron chi connectivity index (χ1n) is 11.2. The number of thiazole rings is 1. The molecule has 3 heterocycles. The molecular formula is C23H27N3O5S3. The summed E-state index contributed by atoms with van der Waals surface area (Å²) in [6.07, 6.45) is 4.11. The SMILES string of the molecule is CCCCc1ccc2c(c1)sc(=NC(=O)C1CCCN1S(=O)(=O)c1cccs1)n2CC(=O)OC. The van der Waals surface area contributed by atoms with Gasteiger partial charge in [-0.15, -0.1) is 11.3 Å². The summed E-state index contributed by atoms with van der Waals surface area (Å²) in [6, 6.07) is 8.39. The van der Waals surface area contributed by atoms with Crippen molar-refractivity contribution in [2.75, 3.05) is 13.7 Å². The fourth-order valence-corrected chi connectivity index (χ4v) is 7.92. The summed E-state index contributed by atoms with van der Waals surface area (Å²) in [7, 11) is -2.45. The molecule has 0 N–H and O–H groups in total. The van der Waals surface area contributed by atoms with Gasteiger partial charge in [0.2, 0.25) is 0 Å². The molecule has 1 amide bonds. The zero-order valence-electron chi connectivity index (χ0n) is 19.1. The zero-order chi connectivity index (χ0) is 24.3. The van der Waals surface area contributed by atoms with Crippen LogP contribution in [0.1, 0.15) is 38.2 Å². The lowest BCUT2D eigenvalue weighted by atomic mass is 10.1. The highest BCUT2D eigenvalue weighted by Crippen LogP contribution is 2.29. The lowest BCUT2D eigenvalue weighted by Gasteiger charge is -2.20. The number of aromatic nitrogens is 1. The number of amides is 1. The highest BCUT2D eigenvalue weighted by molar-refractivity contribution is 7.91. The van der Waals surface area contributed by atoms with E-state index in [4.69, 9.17) is 4.74 Å². The van der Waals surface area contributed by atoms with Crippen molar-refractivity contribution in [3.8, 4) is 0 Å². The Bertz CT molecular complexity index is 1360. The number of methoxy groups -OCH3 is 1. The molecule has 8 nitrogen and oxygen atoms in total. The highest BCUT2D eigenvalue weighted by atomic mass is 32.2. The van der Waals surface area contributed by atoms with Gasteiger partial charge in [-0.1, -0.05) is 36.8 Å². The van der Waals surface area contributed by atoms with Gasteiger partial charge < -0.3 is 9.30 Å². The van der Waals surface area contributed by atoms with Gasteiger partial charge in [0.05, 0.1) is 17.3 Å². The molecular weight excluding hydrogens is 494 g/mol. The maximum atomic E-state index is 13.2. The Balaban J connectivity index is 1.72. The monoisotopic (exact) mass is 521 g/mol. The number of fused-ring (bicyclic) bond motifs is 1. The normalized spacial score (nSPS) is 17.5. The molecule has 1 aliphatic rings. The molecule has 182 valence electrons. The van der Waals surface area contributed by atoms with Gasteiger partial charge in [0.25, 0.3) is 15.9 Å². The van der Waals surface area contributed by atoms with E-state index in [2.05, 4.69) is 18.0 Å². The molecule has 2 aromatic heterocycles. The van der Waals surface area contributed by atoms with Gasteiger partial charge in [-0.05, 0) is 54.8 Å². The number of esters is 1. The molecule has 1 aromatic carbocycles. The molecule has 0 bridgehead atoms. The van der Waals surface area contributed by atoms with Crippen LogP contribution in [0.25, 0.3) is 10.2 Å². The van der Waals surface area contributed by atoms with Gasteiger partial charge in [0.15, 0.2) is 4.80 Å². The molecule has 0 spiro atoms. The van der Waals surface area contributed by atoms with Crippen LogP contribution < -0.4 is 4.80 Å². The Labute approximate surface area is 206 Å². The van der Waals surface area contributed by atoms with Crippen molar-refractivity contribution in [3.05, 3.63) is 46.1 Å². The number of benzene rings is 1. The first-order chi connectivity index (χ1) is 16.3. The van der Waals surface area contributed by atoms with Crippen LogP contribution in [0.3, 0.4) is 0 Å². The van der Waals surface area contributed by atoms with Gasteiger partial charge in [-0.3, -0.25) is 9.59 Å². The van der Waals surface area contributed by atoms with Gasteiger partial charge in [-0.25, -0.2) is 8.42 Å². The third-order valence-corrected chi connectivity index (χ3v) is 10.2. The van der Waals surface area contributed by atoms with E-state index in [9.17, 15) is 18.0 Å². The number of hydrogen-bond donors (Lipinski definition) is 0. The Morgan fingerprint density at radius 3 is 2.79 bits per heavy atom. The Kier molecular flexibility index (Phi) is 7.66. The average molecular weight is 522 g/mol.